The Bertz CT molecular complexity index is 782. The molecule has 0 spiro atoms. The molecule has 26 heavy (non-hydrogen) atoms. The van der Waals surface area contributed by atoms with Gasteiger partial charge in [-0.15, -0.1) is 0 Å². The Morgan fingerprint density at radius 2 is 2.00 bits per heavy atom. The Kier molecular flexibility index (Phi) is 6.02. The van der Waals surface area contributed by atoms with Crippen LogP contribution in [-0.4, -0.2) is 31.1 Å². The minimum atomic E-state index is -0.157. The molecule has 2 aromatic rings. The van der Waals surface area contributed by atoms with E-state index in [1.165, 1.54) is 0 Å². The second kappa shape index (κ2) is 8.63. The van der Waals surface area contributed by atoms with Gasteiger partial charge in [0.25, 0.3) is 5.91 Å². The number of hydrogen-bond acceptors (Lipinski definition) is 3. The third-order valence-corrected chi connectivity index (χ3v) is 4.54. The molecular formula is C21H24N2O3. The van der Waals surface area contributed by atoms with E-state index in [4.69, 9.17) is 4.74 Å². The maximum atomic E-state index is 12.3. The van der Waals surface area contributed by atoms with Gasteiger partial charge in [0, 0.05) is 24.4 Å². The lowest BCUT2D eigenvalue weighted by Gasteiger charge is -2.12. The molecule has 1 unspecified atom stereocenters. The van der Waals surface area contributed by atoms with Crippen LogP contribution in [0.2, 0.25) is 0 Å². The fraction of sp³-hybridized carbons (Fsp3) is 0.333. The third-order valence-electron chi connectivity index (χ3n) is 4.54. The quantitative estimate of drug-likeness (QED) is 0.839. The molecule has 0 aliphatic carbocycles. The lowest BCUT2D eigenvalue weighted by Crippen LogP contribution is -2.31. The molecule has 0 radical (unpaired) electrons. The van der Waals surface area contributed by atoms with Gasteiger partial charge in [0.2, 0.25) is 5.91 Å². The summed E-state index contributed by atoms with van der Waals surface area (Å²) in [5.74, 6) is -0.258. The monoisotopic (exact) mass is 352 g/mol. The number of aryl methyl sites for hydroxylation is 1. The van der Waals surface area contributed by atoms with E-state index in [2.05, 4.69) is 10.6 Å². The summed E-state index contributed by atoms with van der Waals surface area (Å²) in [6.45, 7) is 3.27. The number of nitrogens with one attached hydrogen (secondary N) is 2. The molecule has 1 fully saturated rings. The van der Waals surface area contributed by atoms with Gasteiger partial charge in [-0.2, -0.15) is 0 Å². The normalized spacial score (nSPS) is 16.3. The van der Waals surface area contributed by atoms with E-state index in [0.717, 1.165) is 30.6 Å². The molecule has 1 atom stereocenters. The maximum Gasteiger partial charge on any atom is 0.251 e. The number of carbonyl (C=O) groups excluding carboxylic acids is 2. The molecule has 2 amide bonds. The molecule has 2 N–H and O–H groups in total. The number of benzene rings is 2. The first-order valence-corrected chi connectivity index (χ1v) is 8.96. The van der Waals surface area contributed by atoms with Gasteiger partial charge in [-0.3, -0.25) is 9.59 Å². The van der Waals surface area contributed by atoms with Crippen LogP contribution in [-0.2, 0) is 16.0 Å². The average Bonchev–Trinajstić information content (AvgIpc) is 3.15. The van der Waals surface area contributed by atoms with E-state index in [-0.39, 0.29) is 17.9 Å². The van der Waals surface area contributed by atoms with Crippen LogP contribution in [0.25, 0.3) is 0 Å². The van der Waals surface area contributed by atoms with Crippen molar-refractivity contribution in [1.82, 2.24) is 5.32 Å². The van der Waals surface area contributed by atoms with E-state index in [9.17, 15) is 9.59 Å². The van der Waals surface area contributed by atoms with E-state index < -0.39 is 0 Å². The number of amides is 2. The summed E-state index contributed by atoms with van der Waals surface area (Å²) in [5.41, 5.74) is 3.23. The molecule has 0 aromatic heterocycles. The van der Waals surface area contributed by atoms with E-state index >= 15 is 0 Å². The predicted molar refractivity (Wildman–Crippen MR) is 101 cm³/mol. The summed E-state index contributed by atoms with van der Waals surface area (Å²) >= 11 is 0. The highest BCUT2D eigenvalue weighted by Gasteiger charge is 2.17. The van der Waals surface area contributed by atoms with Gasteiger partial charge in [0.15, 0.2) is 0 Å². The van der Waals surface area contributed by atoms with Crippen LogP contribution >= 0.6 is 0 Å². The molecule has 5 heteroatoms. The molecule has 0 saturated carbocycles. The third kappa shape index (κ3) is 4.92. The first kappa shape index (κ1) is 18.1. The maximum absolute atomic E-state index is 12.3. The minimum absolute atomic E-state index is 0.101. The van der Waals surface area contributed by atoms with Crippen molar-refractivity contribution >= 4 is 17.5 Å². The fourth-order valence-electron chi connectivity index (χ4n) is 3.04. The summed E-state index contributed by atoms with van der Waals surface area (Å²) < 4.78 is 5.51. The number of anilines is 1. The van der Waals surface area contributed by atoms with Gasteiger partial charge in [-0.1, -0.05) is 30.3 Å². The Hall–Kier alpha value is -2.66. The molecule has 2 aromatic carbocycles. The number of hydrogen-bond donors (Lipinski definition) is 2. The molecule has 5 nitrogen and oxygen atoms in total. The second-order valence-electron chi connectivity index (χ2n) is 6.58. The Morgan fingerprint density at radius 3 is 2.77 bits per heavy atom. The molecule has 1 aliphatic heterocycles. The molecular weight excluding hydrogens is 328 g/mol. The molecule has 1 heterocycles. The highest BCUT2D eigenvalue weighted by atomic mass is 16.5. The summed E-state index contributed by atoms with van der Waals surface area (Å²) in [6.07, 6.45) is 2.44. The van der Waals surface area contributed by atoms with Crippen LogP contribution < -0.4 is 10.6 Å². The summed E-state index contributed by atoms with van der Waals surface area (Å²) in [4.78, 5) is 24.6. The zero-order chi connectivity index (χ0) is 18.4. The van der Waals surface area contributed by atoms with E-state index in [1.54, 1.807) is 24.3 Å². The van der Waals surface area contributed by atoms with Crippen molar-refractivity contribution < 1.29 is 14.3 Å². The van der Waals surface area contributed by atoms with Gasteiger partial charge in [0.05, 0.1) is 12.5 Å². The largest absolute Gasteiger partial charge is 0.376 e. The van der Waals surface area contributed by atoms with Crippen LogP contribution in [0.5, 0.6) is 0 Å². The second-order valence-corrected chi connectivity index (χ2v) is 6.58. The number of rotatable bonds is 6. The Balaban J connectivity index is 1.57. The highest BCUT2D eigenvalue weighted by molar-refractivity contribution is 5.97. The van der Waals surface area contributed by atoms with Crippen LogP contribution in [0.4, 0.5) is 5.69 Å². The number of ether oxygens (including phenoxy) is 1. The zero-order valence-electron chi connectivity index (χ0n) is 15.0. The van der Waals surface area contributed by atoms with Crippen molar-refractivity contribution in [2.45, 2.75) is 32.3 Å². The molecule has 0 bridgehead atoms. The van der Waals surface area contributed by atoms with Crippen LogP contribution in [0.3, 0.4) is 0 Å². The topological polar surface area (TPSA) is 67.4 Å². The zero-order valence-corrected chi connectivity index (χ0v) is 15.0. The van der Waals surface area contributed by atoms with Gasteiger partial charge in [-0.25, -0.2) is 0 Å². The molecule has 3 rings (SSSR count). The molecule has 1 saturated heterocycles. The Morgan fingerprint density at radius 1 is 1.15 bits per heavy atom. The SMILES string of the molecule is Cc1ccccc1CC(=O)Nc1cccc(C(=O)NCC2CCCO2)c1. The highest BCUT2D eigenvalue weighted by Crippen LogP contribution is 2.14. The van der Waals surface area contributed by atoms with Crippen molar-refractivity contribution in [3.8, 4) is 0 Å². The lowest BCUT2D eigenvalue weighted by atomic mass is 10.1. The van der Waals surface area contributed by atoms with Crippen molar-refractivity contribution in [2.24, 2.45) is 0 Å². The van der Waals surface area contributed by atoms with Crippen molar-refractivity contribution in [3.05, 3.63) is 65.2 Å². The lowest BCUT2D eigenvalue weighted by molar-refractivity contribution is -0.115. The smallest absolute Gasteiger partial charge is 0.251 e. The average molecular weight is 352 g/mol. The van der Waals surface area contributed by atoms with Crippen molar-refractivity contribution in [3.63, 3.8) is 0 Å². The van der Waals surface area contributed by atoms with E-state index in [0.29, 0.717) is 24.2 Å². The Labute approximate surface area is 153 Å². The van der Waals surface area contributed by atoms with Gasteiger partial charge >= 0.3 is 0 Å². The fourth-order valence-corrected chi connectivity index (χ4v) is 3.04. The first-order chi connectivity index (χ1) is 12.6. The summed E-state index contributed by atoms with van der Waals surface area (Å²) in [7, 11) is 0. The van der Waals surface area contributed by atoms with Crippen molar-refractivity contribution in [1.29, 1.82) is 0 Å². The van der Waals surface area contributed by atoms with E-state index in [1.807, 2.05) is 31.2 Å². The number of carbonyl (C=O) groups is 2. The molecule has 1 aliphatic rings. The van der Waals surface area contributed by atoms with Gasteiger partial charge in [0.1, 0.15) is 0 Å². The van der Waals surface area contributed by atoms with Crippen LogP contribution in [0.15, 0.2) is 48.5 Å². The van der Waals surface area contributed by atoms with Crippen LogP contribution in [0.1, 0.15) is 34.3 Å². The predicted octanol–water partition coefficient (Wildman–Crippen LogP) is 3.09. The summed E-state index contributed by atoms with van der Waals surface area (Å²) in [6, 6.07) is 14.8. The van der Waals surface area contributed by atoms with Crippen molar-refractivity contribution in [2.75, 3.05) is 18.5 Å². The standard InChI is InChI=1S/C21H24N2O3/c1-15-6-2-3-7-16(15)13-20(24)23-18-9-4-8-17(12-18)21(25)22-14-19-10-5-11-26-19/h2-4,6-9,12,19H,5,10-11,13-14H2,1H3,(H,22,25)(H,23,24). The summed E-state index contributed by atoms with van der Waals surface area (Å²) in [5, 5.41) is 5.76. The van der Waals surface area contributed by atoms with Gasteiger partial charge in [-0.05, 0) is 49.1 Å². The minimum Gasteiger partial charge on any atom is -0.376 e. The first-order valence-electron chi connectivity index (χ1n) is 8.96. The van der Waals surface area contributed by atoms with Crippen LogP contribution in [0, 0.1) is 6.92 Å². The van der Waals surface area contributed by atoms with Gasteiger partial charge < -0.3 is 15.4 Å². The molecule has 136 valence electrons.